The lowest BCUT2D eigenvalue weighted by atomic mass is 10.1. The number of carbonyl (C=O) groups excluding carboxylic acids is 1. The third-order valence-electron chi connectivity index (χ3n) is 4.05. The van der Waals surface area contributed by atoms with E-state index in [0.717, 1.165) is 47.1 Å². The first-order chi connectivity index (χ1) is 13.5. The number of rotatable bonds is 5. The summed E-state index contributed by atoms with van der Waals surface area (Å²) in [5.74, 6) is 0.300. The maximum Gasteiger partial charge on any atom is 0.162 e. The average molecular weight is 403 g/mol. The molecule has 0 radical (unpaired) electrons. The Bertz CT molecular complexity index is 876. The van der Waals surface area contributed by atoms with Crippen molar-refractivity contribution in [2.45, 2.75) is 33.1 Å². The van der Waals surface area contributed by atoms with Crippen molar-refractivity contribution in [3.8, 4) is 5.75 Å². The number of pyridine rings is 1. The van der Waals surface area contributed by atoms with Crippen molar-refractivity contribution in [2.75, 3.05) is 25.1 Å². The molecule has 0 amide bonds. The number of hydrogen-bond donors (Lipinski definition) is 4. The molecule has 7 heteroatoms. The molecule has 28 heavy (non-hydrogen) atoms. The first kappa shape index (κ1) is 23.4. The first-order valence-electron chi connectivity index (χ1n) is 9.24. The van der Waals surface area contributed by atoms with Gasteiger partial charge in [0.2, 0.25) is 0 Å². The van der Waals surface area contributed by atoms with Gasteiger partial charge in [0, 0.05) is 23.8 Å². The Morgan fingerprint density at radius 2 is 1.86 bits per heavy atom. The number of anilines is 2. The summed E-state index contributed by atoms with van der Waals surface area (Å²) in [7, 11) is 3.34. The summed E-state index contributed by atoms with van der Waals surface area (Å²) in [4.78, 5) is 17.0. The van der Waals surface area contributed by atoms with E-state index in [2.05, 4.69) is 35.9 Å². The number of aryl methyl sites for hydroxylation is 2. The lowest BCUT2D eigenvalue weighted by Crippen LogP contribution is -1.97. The standard InChI is InChI=1S/C13H16N2OS.C7H9NO.CH5N/c1-3-5-10-8(4-2)6-9-12(14)11(7-16)17-13(9)15-10;1-8-6-2-4-7(9)5-3-6;1-2/h6-7H,3-5,14H2,1-2H3;2-5,8-9H,1H3;2H2,1H3. The molecule has 0 aliphatic rings. The summed E-state index contributed by atoms with van der Waals surface area (Å²) in [6.07, 6.45) is 3.82. The molecule has 6 N–H and O–H groups in total. The van der Waals surface area contributed by atoms with Crippen LogP contribution in [-0.4, -0.2) is 30.5 Å². The van der Waals surface area contributed by atoms with Crippen LogP contribution in [0.2, 0.25) is 0 Å². The van der Waals surface area contributed by atoms with Gasteiger partial charge in [0.25, 0.3) is 0 Å². The number of fused-ring (bicyclic) bond motifs is 1. The average Bonchev–Trinajstić information content (AvgIpc) is 3.05. The largest absolute Gasteiger partial charge is 0.508 e. The van der Waals surface area contributed by atoms with Crippen molar-refractivity contribution in [1.82, 2.24) is 4.98 Å². The summed E-state index contributed by atoms with van der Waals surface area (Å²) >= 11 is 1.38. The van der Waals surface area contributed by atoms with Crippen LogP contribution >= 0.6 is 11.3 Å². The van der Waals surface area contributed by atoms with Crippen LogP contribution in [0.5, 0.6) is 5.75 Å². The van der Waals surface area contributed by atoms with E-state index in [-0.39, 0.29) is 0 Å². The van der Waals surface area contributed by atoms with E-state index < -0.39 is 0 Å². The quantitative estimate of drug-likeness (QED) is 0.375. The highest BCUT2D eigenvalue weighted by molar-refractivity contribution is 7.20. The Balaban J connectivity index is 0.000000301. The zero-order valence-corrected chi connectivity index (χ0v) is 17.8. The van der Waals surface area contributed by atoms with Gasteiger partial charge < -0.3 is 21.9 Å². The lowest BCUT2D eigenvalue weighted by Gasteiger charge is -2.06. The normalized spacial score (nSPS) is 9.75. The van der Waals surface area contributed by atoms with Crippen molar-refractivity contribution in [3.05, 3.63) is 46.5 Å². The number of benzene rings is 1. The molecule has 3 rings (SSSR count). The fourth-order valence-corrected chi connectivity index (χ4v) is 3.52. The third kappa shape index (κ3) is 5.94. The van der Waals surface area contributed by atoms with Crippen LogP contribution in [0.1, 0.15) is 41.2 Å². The van der Waals surface area contributed by atoms with Crippen molar-refractivity contribution in [3.63, 3.8) is 0 Å². The molecule has 0 aliphatic heterocycles. The molecular formula is C21H30N4O2S. The molecule has 0 saturated carbocycles. The van der Waals surface area contributed by atoms with Gasteiger partial charge in [0.15, 0.2) is 6.29 Å². The monoisotopic (exact) mass is 402 g/mol. The van der Waals surface area contributed by atoms with Crippen LogP contribution in [0.4, 0.5) is 11.4 Å². The molecule has 2 heterocycles. The Labute approximate surface area is 170 Å². The second kappa shape index (κ2) is 11.9. The van der Waals surface area contributed by atoms with Gasteiger partial charge in [0.05, 0.1) is 10.6 Å². The molecule has 3 aromatic rings. The van der Waals surface area contributed by atoms with E-state index in [0.29, 0.717) is 16.3 Å². The number of nitrogens with two attached hydrogens (primary N) is 2. The molecular weight excluding hydrogens is 372 g/mol. The predicted octanol–water partition coefficient (Wildman–Crippen LogP) is 4.21. The SMILES string of the molecule is CCCc1nc2sc(C=O)c(N)c2cc1CC.CN.CNc1ccc(O)cc1. The minimum atomic E-state index is 0.300. The number of thiophene rings is 1. The predicted molar refractivity (Wildman–Crippen MR) is 121 cm³/mol. The number of phenols is 1. The minimum Gasteiger partial charge on any atom is -0.508 e. The lowest BCUT2D eigenvalue weighted by molar-refractivity contribution is 0.112. The number of aromatic hydroxyl groups is 1. The highest BCUT2D eigenvalue weighted by atomic mass is 32.1. The smallest absolute Gasteiger partial charge is 0.162 e. The molecule has 0 bridgehead atoms. The van der Waals surface area contributed by atoms with Gasteiger partial charge in [-0.2, -0.15) is 0 Å². The molecule has 1 aromatic carbocycles. The molecule has 0 saturated heterocycles. The zero-order valence-electron chi connectivity index (χ0n) is 17.0. The van der Waals surface area contributed by atoms with E-state index in [4.69, 9.17) is 10.8 Å². The van der Waals surface area contributed by atoms with Gasteiger partial charge in [0.1, 0.15) is 10.6 Å². The van der Waals surface area contributed by atoms with E-state index in [1.807, 2.05) is 19.2 Å². The fourth-order valence-electron chi connectivity index (χ4n) is 2.61. The number of carbonyl (C=O) groups is 1. The van der Waals surface area contributed by atoms with E-state index in [1.165, 1.54) is 23.9 Å². The maximum atomic E-state index is 10.9. The molecule has 2 aromatic heterocycles. The number of aldehydes is 1. The van der Waals surface area contributed by atoms with Crippen LogP contribution in [0, 0.1) is 0 Å². The number of nitrogens with one attached hydrogen (secondary N) is 1. The van der Waals surface area contributed by atoms with E-state index >= 15 is 0 Å². The van der Waals surface area contributed by atoms with Crippen LogP contribution in [0.3, 0.4) is 0 Å². The summed E-state index contributed by atoms with van der Waals surface area (Å²) < 4.78 is 0. The van der Waals surface area contributed by atoms with Crippen LogP contribution in [0.15, 0.2) is 30.3 Å². The molecule has 0 aliphatic carbocycles. The number of phenolic OH excluding ortho intramolecular Hbond substituents is 1. The zero-order chi connectivity index (χ0) is 21.1. The highest BCUT2D eigenvalue weighted by Crippen LogP contribution is 2.32. The van der Waals surface area contributed by atoms with Crippen molar-refractivity contribution < 1.29 is 9.90 Å². The molecule has 0 spiro atoms. The Hall–Kier alpha value is -2.64. The summed E-state index contributed by atoms with van der Waals surface area (Å²) in [6.45, 7) is 4.26. The molecule has 0 fully saturated rings. The molecule has 0 atom stereocenters. The Morgan fingerprint density at radius 3 is 2.36 bits per heavy atom. The number of hydrogen-bond acceptors (Lipinski definition) is 7. The fraction of sp³-hybridized carbons (Fsp3) is 0.333. The van der Waals surface area contributed by atoms with Gasteiger partial charge >= 0.3 is 0 Å². The summed E-state index contributed by atoms with van der Waals surface area (Å²) in [5, 5.41) is 12.7. The van der Waals surface area contributed by atoms with Gasteiger partial charge in [-0.25, -0.2) is 4.98 Å². The van der Waals surface area contributed by atoms with Gasteiger partial charge in [-0.15, -0.1) is 11.3 Å². The maximum absolute atomic E-state index is 10.9. The highest BCUT2D eigenvalue weighted by Gasteiger charge is 2.13. The van der Waals surface area contributed by atoms with Crippen molar-refractivity contribution >= 4 is 39.2 Å². The van der Waals surface area contributed by atoms with Crippen LogP contribution < -0.4 is 16.8 Å². The Kier molecular flexibility index (Phi) is 9.98. The Morgan fingerprint density at radius 1 is 1.21 bits per heavy atom. The molecule has 152 valence electrons. The van der Waals surface area contributed by atoms with Gasteiger partial charge in [-0.3, -0.25) is 4.79 Å². The van der Waals surface area contributed by atoms with Crippen molar-refractivity contribution in [1.29, 1.82) is 0 Å². The van der Waals surface area contributed by atoms with Crippen LogP contribution in [-0.2, 0) is 12.8 Å². The number of nitrogen functional groups attached to an aromatic ring is 1. The minimum absolute atomic E-state index is 0.300. The van der Waals surface area contributed by atoms with Crippen molar-refractivity contribution in [2.24, 2.45) is 5.73 Å². The molecule has 6 nitrogen and oxygen atoms in total. The second-order valence-electron chi connectivity index (χ2n) is 5.85. The van der Waals surface area contributed by atoms with Crippen LogP contribution in [0.25, 0.3) is 10.2 Å². The second-order valence-corrected chi connectivity index (χ2v) is 6.88. The summed E-state index contributed by atoms with van der Waals surface area (Å²) in [5.41, 5.74) is 14.4. The third-order valence-corrected chi connectivity index (χ3v) is 5.09. The topological polar surface area (TPSA) is 114 Å². The van der Waals surface area contributed by atoms with E-state index in [9.17, 15) is 4.79 Å². The first-order valence-corrected chi connectivity index (χ1v) is 10.1. The summed E-state index contributed by atoms with van der Waals surface area (Å²) in [6, 6.07) is 9.01. The molecule has 0 unspecified atom stereocenters. The van der Waals surface area contributed by atoms with Gasteiger partial charge in [-0.05, 0) is 55.8 Å². The van der Waals surface area contributed by atoms with E-state index in [1.54, 1.807) is 12.1 Å². The number of aromatic nitrogens is 1. The van der Waals surface area contributed by atoms with Gasteiger partial charge in [-0.1, -0.05) is 20.3 Å². The number of nitrogens with zero attached hydrogens (tertiary/aromatic N) is 1.